The fourth-order valence-electron chi connectivity index (χ4n) is 2.02. The van der Waals surface area contributed by atoms with Crippen LogP contribution in [0.1, 0.15) is 12.5 Å². The van der Waals surface area contributed by atoms with Gasteiger partial charge in [0.25, 0.3) is 0 Å². The Bertz CT molecular complexity index is 792. The fraction of sp³-hybridized carbons (Fsp3) is 0.357. The second kappa shape index (κ2) is 7.12. The van der Waals surface area contributed by atoms with E-state index in [4.69, 9.17) is 11.6 Å². The largest absolute Gasteiger partial charge is 0.417 e. The van der Waals surface area contributed by atoms with E-state index in [9.17, 15) is 21.6 Å². The van der Waals surface area contributed by atoms with Crippen LogP contribution < -0.4 is 4.72 Å². The fourth-order valence-corrected chi connectivity index (χ4v) is 3.43. The monoisotopic (exact) mass is 381 g/mol. The molecule has 1 aromatic carbocycles. The van der Waals surface area contributed by atoms with Gasteiger partial charge in [-0.25, -0.2) is 13.1 Å². The highest BCUT2D eigenvalue weighted by molar-refractivity contribution is 7.89. The Labute approximate surface area is 142 Å². The summed E-state index contributed by atoms with van der Waals surface area (Å²) >= 11 is 5.49. The van der Waals surface area contributed by atoms with Crippen molar-refractivity contribution in [2.24, 2.45) is 5.92 Å². The lowest BCUT2D eigenvalue weighted by Gasteiger charge is -2.15. The van der Waals surface area contributed by atoms with Crippen molar-refractivity contribution in [1.82, 2.24) is 14.5 Å². The summed E-state index contributed by atoms with van der Waals surface area (Å²) in [7, 11) is -4.07. The predicted molar refractivity (Wildman–Crippen MR) is 83.0 cm³/mol. The van der Waals surface area contributed by atoms with Gasteiger partial charge in [-0.05, 0) is 30.2 Å². The minimum Gasteiger partial charge on any atom is -0.272 e. The predicted octanol–water partition coefficient (Wildman–Crippen LogP) is 3.17. The minimum atomic E-state index is -4.73. The molecule has 1 atom stereocenters. The maximum absolute atomic E-state index is 12.8. The van der Waals surface area contributed by atoms with Crippen molar-refractivity contribution in [3.8, 4) is 0 Å². The molecule has 0 aliphatic heterocycles. The van der Waals surface area contributed by atoms with E-state index in [1.54, 1.807) is 30.1 Å². The molecule has 24 heavy (non-hydrogen) atoms. The van der Waals surface area contributed by atoms with Crippen LogP contribution in [0.3, 0.4) is 0 Å². The van der Waals surface area contributed by atoms with E-state index in [2.05, 4.69) is 9.82 Å². The number of sulfonamides is 1. The zero-order chi connectivity index (χ0) is 18.0. The Morgan fingerprint density at radius 3 is 2.67 bits per heavy atom. The van der Waals surface area contributed by atoms with Crippen molar-refractivity contribution in [3.05, 3.63) is 47.2 Å². The van der Waals surface area contributed by atoms with E-state index in [-0.39, 0.29) is 12.5 Å². The first-order valence-corrected chi connectivity index (χ1v) is 8.79. The molecule has 0 aliphatic rings. The Kier molecular flexibility index (Phi) is 5.56. The summed E-state index contributed by atoms with van der Waals surface area (Å²) < 4.78 is 66.8. The lowest BCUT2D eigenvalue weighted by molar-refractivity contribution is -0.137. The first kappa shape index (κ1) is 18.8. The molecule has 0 radical (unpaired) electrons. The third-order valence-electron chi connectivity index (χ3n) is 3.23. The van der Waals surface area contributed by atoms with Crippen LogP contribution in [0.4, 0.5) is 13.2 Å². The van der Waals surface area contributed by atoms with Crippen LogP contribution in [0.2, 0.25) is 5.02 Å². The van der Waals surface area contributed by atoms with Gasteiger partial charge in [0.05, 0.1) is 15.5 Å². The minimum absolute atomic E-state index is 0.0617. The highest BCUT2D eigenvalue weighted by atomic mass is 35.5. The summed E-state index contributed by atoms with van der Waals surface area (Å²) in [5.41, 5.74) is -1.18. The smallest absolute Gasteiger partial charge is 0.272 e. The number of hydrogen-bond donors (Lipinski definition) is 1. The van der Waals surface area contributed by atoms with Crippen molar-refractivity contribution in [2.45, 2.75) is 24.5 Å². The van der Waals surface area contributed by atoms with E-state index in [0.29, 0.717) is 12.6 Å². The molecular formula is C14H15ClF3N3O2S. The van der Waals surface area contributed by atoms with Gasteiger partial charge >= 0.3 is 6.18 Å². The third-order valence-corrected chi connectivity index (χ3v) is 4.98. The molecule has 0 bridgehead atoms. The zero-order valence-corrected chi connectivity index (χ0v) is 14.2. The van der Waals surface area contributed by atoms with Gasteiger partial charge in [-0.3, -0.25) is 4.68 Å². The Morgan fingerprint density at radius 1 is 1.38 bits per heavy atom. The van der Waals surface area contributed by atoms with E-state index in [1.807, 2.05) is 0 Å². The highest BCUT2D eigenvalue weighted by Gasteiger charge is 2.34. The summed E-state index contributed by atoms with van der Waals surface area (Å²) in [6, 6.07) is 4.23. The summed E-state index contributed by atoms with van der Waals surface area (Å²) in [6.45, 7) is 2.34. The summed E-state index contributed by atoms with van der Waals surface area (Å²) in [6.07, 6.45) is -1.39. The molecule has 1 heterocycles. The number of benzene rings is 1. The van der Waals surface area contributed by atoms with Gasteiger partial charge in [0.15, 0.2) is 0 Å². The number of nitrogens with one attached hydrogen (secondary N) is 1. The summed E-state index contributed by atoms with van der Waals surface area (Å²) in [5.74, 6) is -0.103. The van der Waals surface area contributed by atoms with Crippen molar-refractivity contribution in [2.75, 3.05) is 6.54 Å². The molecule has 0 saturated carbocycles. The Hall–Kier alpha value is -1.58. The van der Waals surface area contributed by atoms with Crippen LogP contribution in [0.5, 0.6) is 0 Å². The van der Waals surface area contributed by atoms with Gasteiger partial charge < -0.3 is 0 Å². The van der Waals surface area contributed by atoms with Gasteiger partial charge in [-0.2, -0.15) is 18.3 Å². The molecule has 1 aromatic heterocycles. The van der Waals surface area contributed by atoms with Crippen LogP contribution in [-0.2, 0) is 22.7 Å². The average molecular weight is 382 g/mol. The molecule has 0 spiro atoms. The third kappa shape index (κ3) is 4.71. The first-order valence-electron chi connectivity index (χ1n) is 6.93. The average Bonchev–Trinajstić information content (AvgIpc) is 2.97. The van der Waals surface area contributed by atoms with Crippen molar-refractivity contribution >= 4 is 21.6 Å². The highest BCUT2D eigenvalue weighted by Crippen LogP contribution is 2.35. The Morgan fingerprint density at radius 2 is 2.08 bits per heavy atom. The topological polar surface area (TPSA) is 64.0 Å². The number of alkyl halides is 3. The SMILES string of the molecule is CC(CNS(=O)(=O)c1ccc(Cl)c(C(F)(F)F)c1)Cn1cccn1. The molecule has 0 aliphatic carbocycles. The normalized spacial score (nSPS) is 13.9. The molecule has 5 nitrogen and oxygen atoms in total. The zero-order valence-electron chi connectivity index (χ0n) is 12.6. The molecule has 0 amide bonds. The van der Waals surface area contributed by atoms with Crippen LogP contribution >= 0.6 is 11.6 Å². The molecular weight excluding hydrogens is 367 g/mol. The second-order valence-electron chi connectivity index (χ2n) is 5.32. The van der Waals surface area contributed by atoms with Crippen molar-refractivity contribution < 1.29 is 21.6 Å². The second-order valence-corrected chi connectivity index (χ2v) is 7.50. The molecule has 10 heteroatoms. The van der Waals surface area contributed by atoms with E-state index < -0.39 is 31.7 Å². The number of rotatable bonds is 6. The first-order chi connectivity index (χ1) is 11.1. The van der Waals surface area contributed by atoms with Gasteiger partial charge in [0.2, 0.25) is 10.0 Å². The van der Waals surface area contributed by atoms with Crippen LogP contribution in [0, 0.1) is 5.92 Å². The number of aromatic nitrogens is 2. The molecule has 0 saturated heterocycles. The van der Waals surface area contributed by atoms with E-state index >= 15 is 0 Å². The molecule has 2 aromatic rings. The molecule has 1 unspecified atom stereocenters. The maximum atomic E-state index is 12.8. The Balaban J connectivity index is 2.10. The quantitative estimate of drug-likeness (QED) is 0.836. The van der Waals surface area contributed by atoms with Gasteiger partial charge in [-0.15, -0.1) is 0 Å². The van der Waals surface area contributed by atoms with Crippen LogP contribution in [0.25, 0.3) is 0 Å². The lowest BCUT2D eigenvalue weighted by Crippen LogP contribution is -2.30. The number of hydrogen-bond acceptors (Lipinski definition) is 3. The summed E-state index contributed by atoms with van der Waals surface area (Å²) in [4.78, 5) is -0.481. The van der Waals surface area contributed by atoms with Gasteiger partial charge in [0, 0.05) is 25.5 Å². The number of nitrogens with zero attached hydrogens (tertiary/aromatic N) is 2. The van der Waals surface area contributed by atoms with Crippen molar-refractivity contribution in [3.63, 3.8) is 0 Å². The van der Waals surface area contributed by atoms with E-state index in [0.717, 1.165) is 12.1 Å². The number of halogens is 4. The van der Waals surface area contributed by atoms with Gasteiger partial charge in [0.1, 0.15) is 0 Å². The van der Waals surface area contributed by atoms with E-state index in [1.165, 1.54) is 0 Å². The molecule has 2 rings (SSSR count). The molecule has 132 valence electrons. The molecule has 0 fully saturated rings. The van der Waals surface area contributed by atoms with Crippen molar-refractivity contribution in [1.29, 1.82) is 0 Å². The van der Waals surface area contributed by atoms with Gasteiger partial charge in [-0.1, -0.05) is 18.5 Å². The van der Waals surface area contributed by atoms with Crippen LogP contribution in [0.15, 0.2) is 41.6 Å². The molecule has 1 N–H and O–H groups in total. The van der Waals surface area contributed by atoms with Crippen LogP contribution in [-0.4, -0.2) is 24.7 Å². The standard InChI is InChI=1S/C14H15ClF3N3O2S/c1-10(9-21-6-2-5-19-21)8-20-24(22,23)11-3-4-13(15)12(7-11)14(16,17)18/h2-7,10,20H,8-9H2,1H3. The summed E-state index contributed by atoms with van der Waals surface area (Å²) in [5, 5.41) is 3.46. The maximum Gasteiger partial charge on any atom is 0.417 e. The lowest BCUT2D eigenvalue weighted by atomic mass is 10.2.